The second-order valence-corrected chi connectivity index (χ2v) is 7.74. The number of benzene rings is 2. The van der Waals surface area contributed by atoms with E-state index in [9.17, 15) is 5.11 Å². The van der Waals surface area contributed by atoms with Crippen molar-refractivity contribution in [2.75, 3.05) is 13.2 Å². The fourth-order valence-electron chi connectivity index (χ4n) is 3.39. The second kappa shape index (κ2) is 8.04. The maximum atomic E-state index is 10.7. The molecule has 0 amide bonds. The van der Waals surface area contributed by atoms with Crippen LogP contribution in [0.3, 0.4) is 0 Å². The van der Waals surface area contributed by atoms with Crippen LogP contribution in [-0.2, 0) is 19.5 Å². The molecule has 1 unspecified atom stereocenters. The van der Waals surface area contributed by atoms with E-state index in [-0.39, 0.29) is 0 Å². The summed E-state index contributed by atoms with van der Waals surface area (Å²) in [5, 5.41) is 12.8. The highest BCUT2D eigenvalue weighted by molar-refractivity contribution is 7.09. The average Bonchev–Trinajstić information content (AvgIpc) is 3.08. The second-order valence-electron chi connectivity index (χ2n) is 6.71. The third kappa shape index (κ3) is 4.15. The molecule has 1 aliphatic rings. The van der Waals surface area contributed by atoms with E-state index in [1.165, 1.54) is 4.88 Å². The van der Waals surface area contributed by atoms with E-state index in [0.717, 1.165) is 42.1 Å². The molecule has 0 spiro atoms. The van der Waals surface area contributed by atoms with Gasteiger partial charge in [-0.25, -0.2) is 0 Å². The van der Waals surface area contributed by atoms with E-state index in [1.807, 2.05) is 30.3 Å². The van der Waals surface area contributed by atoms with E-state index >= 15 is 0 Å². The van der Waals surface area contributed by atoms with Crippen LogP contribution in [-0.4, -0.2) is 23.2 Å². The lowest BCUT2D eigenvalue weighted by atomic mass is 9.99. The van der Waals surface area contributed by atoms with Crippen molar-refractivity contribution in [1.82, 2.24) is 4.90 Å². The Morgan fingerprint density at radius 1 is 1.08 bits per heavy atom. The third-order valence-corrected chi connectivity index (χ3v) is 5.62. The van der Waals surface area contributed by atoms with Gasteiger partial charge in [-0.05, 0) is 34.7 Å². The van der Waals surface area contributed by atoms with Gasteiger partial charge in [-0.15, -0.1) is 11.3 Å². The molecule has 3 aromatic rings. The number of hydrogen-bond donors (Lipinski definition) is 1. The number of thiophene rings is 1. The first-order valence-corrected chi connectivity index (χ1v) is 9.88. The fraction of sp³-hybridized carbons (Fsp3) is 0.273. The zero-order valence-electron chi connectivity index (χ0n) is 14.7. The van der Waals surface area contributed by atoms with Crippen LogP contribution in [0.25, 0.3) is 0 Å². The number of rotatable bonds is 5. The highest BCUT2D eigenvalue weighted by Gasteiger charge is 2.18. The van der Waals surface area contributed by atoms with Crippen LogP contribution in [0.4, 0.5) is 0 Å². The maximum Gasteiger partial charge on any atom is 0.123 e. The van der Waals surface area contributed by atoms with Crippen LogP contribution in [0, 0.1) is 0 Å². The lowest BCUT2D eigenvalue weighted by Crippen LogP contribution is -2.24. The lowest BCUT2D eigenvalue weighted by Gasteiger charge is -2.19. The zero-order valence-corrected chi connectivity index (χ0v) is 15.5. The van der Waals surface area contributed by atoms with Crippen LogP contribution < -0.4 is 4.74 Å². The Balaban J connectivity index is 1.50. The van der Waals surface area contributed by atoms with Gasteiger partial charge in [0.2, 0.25) is 0 Å². The molecule has 0 saturated heterocycles. The fourth-order valence-corrected chi connectivity index (χ4v) is 4.13. The first-order chi connectivity index (χ1) is 12.8. The summed E-state index contributed by atoms with van der Waals surface area (Å²) in [6.07, 6.45) is 0.121. The largest absolute Gasteiger partial charge is 0.492 e. The van der Waals surface area contributed by atoms with Crippen LogP contribution in [0.1, 0.15) is 27.7 Å². The molecule has 0 bridgehead atoms. The summed E-state index contributed by atoms with van der Waals surface area (Å²) in [6.45, 7) is 3.40. The lowest BCUT2D eigenvalue weighted by molar-refractivity contribution is 0.178. The number of nitrogens with zero attached hydrogens (tertiary/aromatic N) is 1. The average molecular weight is 365 g/mol. The molecule has 1 aliphatic heterocycles. The smallest absolute Gasteiger partial charge is 0.123 e. The number of fused-ring (bicyclic) bond motifs is 1. The maximum absolute atomic E-state index is 10.7. The van der Waals surface area contributed by atoms with E-state index in [1.54, 1.807) is 11.3 Å². The summed E-state index contributed by atoms with van der Waals surface area (Å²) in [5.74, 6) is 0.939. The van der Waals surface area contributed by atoms with Gasteiger partial charge in [0.1, 0.15) is 12.4 Å². The van der Waals surface area contributed by atoms with Gasteiger partial charge in [-0.2, -0.15) is 0 Å². The van der Waals surface area contributed by atoms with Crippen LogP contribution in [0.15, 0.2) is 66.0 Å². The van der Waals surface area contributed by atoms with Crippen molar-refractivity contribution in [2.24, 2.45) is 0 Å². The summed E-state index contributed by atoms with van der Waals surface area (Å²) >= 11 is 1.79. The molecule has 0 aliphatic carbocycles. The molecule has 2 aromatic carbocycles. The topological polar surface area (TPSA) is 32.7 Å². The summed E-state index contributed by atoms with van der Waals surface area (Å²) in [7, 11) is 0. The molecule has 3 nitrogen and oxygen atoms in total. The van der Waals surface area contributed by atoms with Crippen molar-refractivity contribution in [3.63, 3.8) is 0 Å². The molecule has 26 heavy (non-hydrogen) atoms. The molecule has 1 atom stereocenters. The third-order valence-electron chi connectivity index (χ3n) is 4.76. The van der Waals surface area contributed by atoms with E-state index in [2.05, 4.69) is 40.6 Å². The number of hydrogen-bond acceptors (Lipinski definition) is 4. The van der Waals surface area contributed by atoms with E-state index in [4.69, 9.17) is 4.74 Å². The Morgan fingerprint density at radius 2 is 1.96 bits per heavy atom. The predicted molar refractivity (Wildman–Crippen MR) is 105 cm³/mol. The van der Waals surface area contributed by atoms with Gasteiger partial charge < -0.3 is 9.84 Å². The van der Waals surface area contributed by atoms with Gasteiger partial charge in [-0.3, -0.25) is 4.90 Å². The van der Waals surface area contributed by atoms with Gasteiger partial charge in [0.05, 0.1) is 6.10 Å². The molecule has 4 heteroatoms. The predicted octanol–water partition coefficient (Wildman–Crippen LogP) is 4.42. The summed E-state index contributed by atoms with van der Waals surface area (Å²) in [6, 6.07) is 20.5. The minimum Gasteiger partial charge on any atom is -0.492 e. The molecular weight excluding hydrogens is 342 g/mol. The summed E-state index contributed by atoms with van der Waals surface area (Å²) in [4.78, 5) is 3.78. The van der Waals surface area contributed by atoms with Gasteiger partial charge in [0.25, 0.3) is 0 Å². The van der Waals surface area contributed by atoms with Crippen molar-refractivity contribution < 1.29 is 9.84 Å². The first-order valence-electron chi connectivity index (χ1n) is 9.00. The Kier molecular flexibility index (Phi) is 5.34. The van der Waals surface area contributed by atoms with Crippen molar-refractivity contribution in [3.8, 4) is 5.75 Å². The van der Waals surface area contributed by atoms with Crippen molar-refractivity contribution in [1.29, 1.82) is 0 Å². The molecule has 0 radical (unpaired) electrons. The normalized spacial score (nSPS) is 15.7. The molecule has 2 heterocycles. The van der Waals surface area contributed by atoms with Crippen molar-refractivity contribution in [2.45, 2.75) is 25.6 Å². The molecule has 0 fully saturated rings. The molecule has 4 rings (SSSR count). The summed E-state index contributed by atoms with van der Waals surface area (Å²) < 4.78 is 5.93. The van der Waals surface area contributed by atoms with E-state index in [0.29, 0.717) is 13.0 Å². The minimum atomic E-state index is -0.503. The van der Waals surface area contributed by atoms with Crippen LogP contribution in [0.2, 0.25) is 0 Å². The first kappa shape index (κ1) is 17.3. The Bertz CT molecular complexity index is 833. The van der Waals surface area contributed by atoms with Crippen molar-refractivity contribution >= 4 is 11.3 Å². The zero-order chi connectivity index (χ0) is 17.8. The van der Waals surface area contributed by atoms with Gasteiger partial charge >= 0.3 is 0 Å². The number of ether oxygens (including phenoxy) is 1. The Labute approximate surface area is 158 Å². The monoisotopic (exact) mass is 365 g/mol. The van der Waals surface area contributed by atoms with Gasteiger partial charge in [0, 0.05) is 36.5 Å². The molecule has 0 saturated carbocycles. The van der Waals surface area contributed by atoms with Crippen molar-refractivity contribution in [3.05, 3.63) is 87.6 Å². The Hall–Kier alpha value is -2.14. The number of aliphatic hydroxyl groups is 1. The van der Waals surface area contributed by atoms with Gasteiger partial charge in [0.15, 0.2) is 0 Å². The highest BCUT2D eigenvalue weighted by Crippen LogP contribution is 2.29. The quantitative estimate of drug-likeness (QED) is 0.726. The standard InChI is InChI=1S/C22H23NO2S/c24-21(13-17-5-2-1-3-6-17)18-8-9-22-19(14-18)15-23(10-11-25-22)16-20-7-4-12-26-20/h1-9,12,14,21,24H,10-11,13,15-16H2. The minimum absolute atomic E-state index is 0.503. The van der Waals surface area contributed by atoms with E-state index < -0.39 is 6.10 Å². The SMILES string of the molecule is OC(Cc1ccccc1)c1ccc2c(c1)CN(Cc1cccs1)CCO2. The molecule has 1 N–H and O–H groups in total. The molecule has 134 valence electrons. The number of aliphatic hydroxyl groups excluding tert-OH is 1. The highest BCUT2D eigenvalue weighted by atomic mass is 32.1. The molecular formula is C22H23NO2S. The van der Waals surface area contributed by atoms with Crippen LogP contribution >= 0.6 is 11.3 Å². The van der Waals surface area contributed by atoms with Crippen LogP contribution in [0.5, 0.6) is 5.75 Å². The molecule has 1 aromatic heterocycles. The van der Waals surface area contributed by atoms with Gasteiger partial charge in [-0.1, -0.05) is 42.5 Å². The summed E-state index contributed by atoms with van der Waals surface area (Å²) in [5.41, 5.74) is 3.25. The Morgan fingerprint density at radius 3 is 2.77 bits per heavy atom.